The molecule has 1 saturated heterocycles. The van der Waals surface area contributed by atoms with Gasteiger partial charge in [-0.05, 0) is 31.9 Å². The molecule has 0 saturated carbocycles. The summed E-state index contributed by atoms with van der Waals surface area (Å²) in [5, 5.41) is 2.91. The monoisotopic (exact) mass is 457 g/mol. The third kappa shape index (κ3) is 4.63. The van der Waals surface area contributed by atoms with E-state index in [9.17, 15) is 22.5 Å². The SMILES string of the molecule is C=CCOC(=O)C1=C(C)NC(C)=C(P2(=O)OCCCO2)C1c1ccccc1C(F)(F)F. The van der Waals surface area contributed by atoms with Crippen LogP contribution in [-0.4, -0.2) is 25.8 Å². The first-order valence-electron chi connectivity index (χ1n) is 9.62. The van der Waals surface area contributed by atoms with Gasteiger partial charge in [-0.15, -0.1) is 0 Å². The Balaban J connectivity index is 2.27. The van der Waals surface area contributed by atoms with E-state index in [4.69, 9.17) is 13.8 Å². The molecule has 0 radical (unpaired) electrons. The number of halogens is 3. The van der Waals surface area contributed by atoms with Crippen molar-refractivity contribution in [2.75, 3.05) is 19.8 Å². The number of dihydropyridines is 1. The van der Waals surface area contributed by atoms with E-state index in [-0.39, 0.29) is 36.3 Å². The molecule has 6 nitrogen and oxygen atoms in total. The molecule has 2 aliphatic heterocycles. The maximum absolute atomic E-state index is 13.9. The van der Waals surface area contributed by atoms with Crippen LogP contribution in [0.5, 0.6) is 0 Å². The second-order valence-corrected chi connectivity index (χ2v) is 9.09. The molecule has 1 atom stereocenters. The van der Waals surface area contributed by atoms with Crippen molar-refractivity contribution in [2.24, 2.45) is 0 Å². The van der Waals surface area contributed by atoms with Gasteiger partial charge in [0.1, 0.15) is 6.61 Å². The number of hydrogen-bond acceptors (Lipinski definition) is 6. The number of benzene rings is 1. The van der Waals surface area contributed by atoms with Crippen LogP contribution in [-0.2, 0) is 29.3 Å². The number of carbonyl (C=O) groups excluding carboxylic acids is 1. The third-order valence-electron chi connectivity index (χ3n) is 4.96. The molecule has 0 bridgehead atoms. The van der Waals surface area contributed by atoms with Gasteiger partial charge in [-0.3, -0.25) is 4.57 Å². The van der Waals surface area contributed by atoms with Crippen LogP contribution in [0.25, 0.3) is 0 Å². The first-order chi connectivity index (χ1) is 14.6. The fourth-order valence-corrected chi connectivity index (χ4v) is 5.89. The van der Waals surface area contributed by atoms with Crippen molar-refractivity contribution in [2.45, 2.75) is 32.4 Å². The highest BCUT2D eigenvalue weighted by atomic mass is 31.2. The standard InChI is InChI=1S/C21H23F3NO5P/c1-4-10-28-20(26)17-13(2)25-14(3)19(31(27)29-11-7-12-30-31)18(17)15-8-5-6-9-16(15)21(22,23)24/h4-6,8-9,18,25H,1,7,10-12H2,2-3H3. The molecule has 168 valence electrons. The molecular formula is C21H23F3NO5P. The molecule has 0 aliphatic carbocycles. The predicted molar refractivity (Wildman–Crippen MR) is 108 cm³/mol. The number of allylic oxidation sites excluding steroid dienone is 3. The van der Waals surface area contributed by atoms with E-state index in [2.05, 4.69) is 11.9 Å². The number of hydrogen-bond donors (Lipinski definition) is 1. The summed E-state index contributed by atoms with van der Waals surface area (Å²) < 4.78 is 71.3. The van der Waals surface area contributed by atoms with Crippen LogP contribution in [0.15, 0.2) is 59.2 Å². The average molecular weight is 457 g/mol. The Hall–Kier alpha value is -2.35. The quantitative estimate of drug-likeness (QED) is 0.370. The van der Waals surface area contributed by atoms with E-state index < -0.39 is 31.2 Å². The molecule has 10 heteroatoms. The maximum Gasteiger partial charge on any atom is 0.416 e. The number of ether oxygens (including phenoxy) is 1. The second-order valence-electron chi connectivity index (χ2n) is 7.10. The minimum atomic E-state index is -4.70. The molecule has 2 aliphatic rings. The Morgan fingerprint density at radius 2 is 1.90 bits per heavy atom. The summed E-state index contributed by atoms with van der Waals surface area (Å²) in [6, 6.07) is 4.87. The van der Waals surface area contributed by atoms with Crippen LogP contribution < -0.4 is 5.32 Å². The third-order valence-corrected chi connectivity index (χ3v) is 7.19. The van der Waals surface area contributed by atoms with Gasteiger partial charge in [0.25, 0.3) is 0 Å². The van der Waals surface area contributed by atoms with Crippen LogP contribution >= 0.6 is 7.60 Å². The zero-order valence-electron chi connectivity index (χ0n) is 17.1. The number of esters is 1. The Kier molecular flexibility index (Phi) is 6.79. The van der Waals surface area contributed by atoms with Crippen molar-refractivity contribution in [3.8, 4) is 0 Å². The van der Waals surface area contributed by atoms with E-state index in [1.807, 2.05) is 0 Å². The second kappa shape index (κ2) is 9.02. The van der Waals surface area contributed by atoms with Gasteiger partial charge < -0.3 is 19.1 Å². The minimum Gasteiger partial charge on any atom is -0.458 e. The molecule has 1 fully saturated rings. The molecule has 1 aromatic carbocycles. The van der Waals surface area contributed by atoms with E-state index in [0.717, 1.165) is 6.07 Å². The normalized spacial score (nSPS) is 21.5. The van der Waals surface area contributed by atoms with Crippen molar-refractivity contribution in [1.29, 1.82) is 0 Å². The van der Waals surface area contributed by atoms with Crippen LogP contribution in [0.1, 0.15) is 37.3 Å². The van der Waals surface area contributed by atoms with Gasteiger partial charge in [0.2, 0.25) is 0 Å². The van der Waals surface area contributed by atoms with Crippen LogP contribution in [0.4, 0.5) is 13.2 Å². The van der Waals surface area contributed by atoms with Gasteiger partial charge in [-0.25, -0.2) is 4.79 Å². The van der Waals surface area contributed by atoms with Crippen LogP contribution in [0, 0.1) is 0 Å². The molecule has 1 unspecified atom stereocenters. The molecule has 0 amide bonds. The Bertz CT molecular complexity index is 989. The summed E-state index contributed by atoms with van der Waals surface area (Å²) >= 11 is 0. The van der Waals surface area contributed by atoms with E-state index in [1.165, 1.54) is 24.3 Å². The lowest BCUT2D eigenvalue weighted by atomic mass is 9.84. The number of alkyl halides is 3. The number of carbonyl (C=O) groups is 1. The van der Waals surface area contributed by atoms with Crippen molar-refractivity contribution in [1.82, 2.24) is 5.32 Å². The van der Waals surface area contributed by atoms with E-state index >= 15 is 0 Å². The first-order valence-corrected chi connectivity index (χ1v) is 11.2. The summed E-state index contributed by atoms with van der Waals surface area (Å²) in [6.45, 7) is 6.71. The van der Waals surface area contributed by atoms with Crippen molar-refractivity contribution in [3.05, 3.63) is 70.3 Å². The van der Waals surface area contributed by atoms with Crippen LogP contribution in [0.2, 0.25) is 0 Å². The predicted octanol–water partition coefficient (Wildman–Crippen LogP) is 5.26. The number of rotatable bonds is 5. The molecule has 1 aromatic rings. The summed E-state index contributed by atoms with van der Waals surface area (Å²) in [7, 11) is -3.98. The highest BCUT2D eigenvalue weighted by Gasteiger charge is 2.48. The highest BCUT2D eigenvalue weighted by molar-refractivity contribution is 7.58. The Morgan fingerprint density at radius 3 is 2.52 bits per heavy atom. The minimum absolute atomic E-state index is 0.0277. The first kappa shape index (κ1) is 23.3. The highest BCUT2D eigenvalue weighted by Crippen LogP contribution is 2.65. The molecule has 0 spiro atoms. The van der Waals surface area contributed by atoms with Gasteiger partial charge in [0.05, 0.1) is 35.6 Å². The zero-order valence-corrected chi connectivity index (χ0v) is 18.0. The Labute approximate surface area is 178 Å². The summed E-state index contributed by atoms with van der Waals surface area (Å²) in [6.07, 6.45) is -2.86. The van der Waals surface area contributed by atoms with Gasteiger partial charge in [0, 0.05) is 11.4 Å². The topological polar surface area (TPSA) is 73.9 Å². The lowest BCUT2D eigenvalue weighted by Gasteiger charge is -2.36. The average Bonchev–Trinajstić information content (AvgIpc) is 2.71. The molecule has 0 aromatic heterocycles. The fraction of sp³-hybridized carbons (Fsp3) is 0.381. The van der Waals surface area contributed by atoms with Crippen molar-refractivity contribution < 1.29 is 36.3 Å². The molecule has 2 heterocycles. The van der Waals surface area contributed by atoms with E-state index in [0.29, 0.717) is 17.8 Å². The van der Waals surface area contributed by atoms with Gasteiger partial charge in [0.15, 0.2) is 0 Å². The van der Waals surface area contributed by atoms with Gasteiger partial charge in [-0.2, -0.15) is 13.2 Å². The summed E-state index contributed by atoms with van der Waals surface area (Å²) in [5.74, 6) is -2.18. The largest absolute Gasteiger partial charge is 0.458 e. The van der Waals surface area contributed by atoms with E-state index in [1.54, 1.807) is 13.8 Å². The van der Waals surface area contributed by atoms with Crippen LogP contribution in [0.3, 0.4) is 0 Å². The maximum atomic E-state index is 13.9. The number of nitrogens with one attached hydrogen (secondary N) is 1. The smallest absolute Gasteiger partial charge is 0.416 e. The van der Waals surface area contributed by atoms with Gasteiger partial charge >= 0.3 is 19.7 Å². The Morgan fingerprint density at radius 1 is 1.26 bits per heavy atom. The zero-order chi connectivity index (χ0) is 22.8. The molecule has 31 heavy (non-hydrogen) atoms. The van der Waals surface area contributed by atoms with Crippen molar-refractivity contribution >= 4 is 13.6 Å². The lowest BCUT2D eigenvalue weighted by Crippen LogP contribution is -2.31. The summed E-state index contributed by atoms with van der Waals surface area (Å²) in [5.41, 5.74) is -0.667. The molecular weight excluding hydrogens is 434 g/mol. The fourth-order valence-electron chi connectivity index (χ4n) is 3.74. The lowest BCUT2D eigenvalue weighted by molar-refractivity contribution is -0.140. The molecule has 1 N–H and O–H groups in total. The van der Waals surface area contributed by atoms with Crippen molar-refractivity contribution in [3.63, 3.8) is 0 Å². The van der Waals surface area contributed by atoms with Gasteiger partial charge in [-0.1, -0.05) is 30.9 Å². The molecule has 3 rings (SSSR count). The summed E-state index contributed by atoms with van der Waals surface area (Å²) in [4.78, 5) is 12.9.